The van der Waals surface area contributed by atoms with Crippen molar-refractivity contribution in [3.8, 4) is 17.2 Å². The summed E-state index contributed by atoms with van der Waals surface area (Å²) in [5.74, 6) is 0.472. The molecule has 0 atom stereocenters. The van der Waals surface area contributed by atoms with Gasteiger partial charge >= 0.3 is 0 Å². The maximum Gasteiger partial charge on any atom is 0.277 e. The van der Waals surface area contributed by atoms with Crippen molar-refractivity contribution in [2.24, 2.45) is 5.10 Å². The average Bonchev–Trinajstić information content (AvgIpc) is 2.79. The summed E-state index contributed by atoms with van der Waals surface area (Å²) in [5.41, 5.74) is 5.04. The van der Waals surface area contributed by atoms with Gasteiger partial charge in [-0.3, -0.25) is 4.79 Å². The van der Waals surface area contributed by atoms with E-state index in [4.69, 9.17) is 9.47 Å². The zero-order valence-electron chi connectivity index (χ0n) is 17.8. The molecule has 0 aliphatic carbocycles. The molecule has 2 N–H and O–H groups in total. The van der Waals surface area contributed by atoms with E-state index < -0.39 is 5.91 Å². The third-order valence-electron chi connectivity index (χ3n) is 5.08. The highest BCUT2D eigenvalue weighted by molar-refractivity contribution is 5.86. The van der Waals surface area contributed by atoms with Crippen LogP contribution in [0.4, 0.5) is 0 Å². The van der Waals surface area contributed by atoms with Crippen LogP contribution in [-0.2, 0) is 10.2 Å². The number of ether oxygens (including phenoxy) is 2. The van der Waals surface area contributed by atoms with Gasteiger partial charge in [-0.2, -0.15) is 5.10 Å². The van der Waals surface area contributed by atoms with Crippen molar-refractivity contribution in [3.63, 3.8) is 0 Å². The molecule has 0 heterocycles. The molecule has 0 saturated carbocycles. The van der Waals surface area contributed by atoms with Crippen molar-refractivity contribution in [1.29, 1.82) is 0 Å². The number of carbonyl (C=O) groups is 1. The fraction of sp³-hybridized carbons (Fsp3) is 0.200. The van der Waals surface area contributed by atoms with Gasteiger partial charge in [-0.15, -0.1) is 0 Å². The number of methoxy groups -OCH3 is 1. The molecule has 0 aliphatic rings. The summed E-state index contributed by atoms with van der Waals surface area (Å²) < 4.78 is 10.6. The van der Waals surface area contributed by atoms with E-state index in [0.717, 1.165) is 5.56 Å². The second-order valence-electron chi connectivity index (χ2n) is 7.50. The van der Waals surface area contributed by atoms with Gasteiger partial charge in [0.2, 0.25) is 0 Å². The zero-order valence-corrected chi connectivity index (χ0v) is 17.8. The van der Waals surface area contributed by atoms with Crippen LogP contribution in [-0.4, -0.2) is 30.9 Å². The molecule has 3 rings (SSSR count). The van der Waals surface area contributed by atoms with Gasteiger partial charge in [0.25, 0.3) is 5.91 Å². The number of nitrogens with one attached hydrogen (secondary N) is 1. The Morgan fingerprint density at radius 2 is 1.68 bits per heavy atom. The Hall–Kier alpha value is -3.80. The molecule has 0 unspecified atom stereocenters. The first kappa shape index (κ1) is 21.9. The van der Waals surface area contributed by atoms with E-state index in [0.29, 0.717) is 17.1 Å². The van der Waals surface area contributed by atoms with E-state index in [2.05, 4.69) is 36.5 Å². The highest BCUT2D eigenvalue weighted by Gasteiger charge is 2.22. The molecule has 3 aromatic rings. The number of benzene rings is 3. The summed E-state index contributed by atoms with van der Waals surface area (Å²) in [6, 6.07) is 23.0. The summed E-state index contributed by atoms with van der Waals surface area (Å²) in [6.45, 7) is 4.16. The van der Waals surface area contributed by atoms with Crippen LogP contribution >= 0.6 is 0 Å². The zero-order chi connectivity index (χ0) is 22.3. The Balaban J connectivity index is 1.54. The van der Waals surface area contributed by atoms with E-state index in [1.807, 2.05) is 42.5 Å². The smallest absolute Gasteiger partial charge is 0.277 e. The number of hydrazone groups is 1. The molecule has 3 aromatic carbocycles. The molecule has 0 saturated heterocycles. The van der Waals surface area contributed by atoms with Gasteiger partial charge in [0.05, 0.1) is 13.3 Å². The first-order valence-electron chi connectivity index (χ1n) is 9.88. The molecule has 0 bridgehead atoms. The van der Waals surface area contributed by atoms with Crippen LogP contribution in [0.15, 0.2) is 77.9 Å². The molecule has 0 aliphatic heterocycles. The van der Waals surface area contributed by atoms with Gasteiger partial charge in [-0.1, -0.05) is 62.4 Å². The topological polar surface area (TPSA) is 80.2 Å². The SMILES string of the molecule is COc1cccc(C=NNC(=O)COc2ccc(C(C)(C)c3ccccc3)cc2)c1O. The summed E-state index contributed by atoms with van der Waals surface area (Å²) in [5, 5.41) is 13.9. The lowest BCUT2D eigenvalue weighted by Crippen LogP contribution is -2.24. The number of rotatable bonds is 8. The van der Waals surface area contributed by atoms with E-state index in [9.17, 15) is 9.90 Å². The van der Waals surface area contributed by atoms with E-state index in [1.165, 1.54) is 18.9 Å². The van der Waals surface area contributed by atoms with Crippen LogP contribution < -0.4 is 14.9 Å². The number of amides is 1. The minimum atomic E-state index is -0.410. The summed E-state index contributed by atoms with van der Waals surface area (Å²) >= 11 is 0. The fourth-order valence-corrected chi connectivity index (χ4v) is 3.15. The van der Waals surface area contributed by atoms with Crippen molar-refractivity contribution in [2.75, 3.05) is 13.7 Å². The molecule has 0 fully saturated rings. The molecular weight excluding hydrogens is 392 g/mol. The number of hydrogen-bond acceptors (Lipinski definition) is 5. The van der Waals surface area contributed by atoms with Crippen molar-refractivity contribution < 1.29 is 19.4 Å². The van der Waals surface area contributed by atoms with Crippen LogP contribution in [0.25, 0.3) is 0 Å². The minimum Gasteiger partial charge on any atom is -0.504 e. The molecule has 6 heteroatoms. The number of carbonyl (C=O) groups excluding carboxylic acids is 1. The Bertz CT molecular complexity index is 1040. The number of hydrogen-bond donors (Lipinski definition) is 2. The fourth-order valence-electron chi connectivity index (χ4n) is 3.15. The van der Waals surface area contributed by atoms with E-state index >= 15 is 0 Å². The third-order valence-corrected chi connectivity index (χ3v) is 5.08. The molecule has 0 aromatic heterocycles. The van der Waals surface area contributed by atoms with Gasteiger partial charge in [0.15, 0.2) is 18.1 Å². The van der Waals surface area contributed by atoms with Crippen molar-refractivity contribution in [1.82, 2.24) is 5.43 Å². The third kappa shape index (κ3) is 5.42. The monoisotopic (exact) mass is 418 g/mol. The lowest BCUT2D eigenvalue weighted by molar-refractivity contribution is -0.123. The Labute approximate surface area is 182 Å². The number of phenolic OH excluding ortho intramolecular Hbond substituents is 1. The Morgan fingerprint density at radius 1 is 1.00 bits per heavy atom. The molecule has 6 nitrogen and oxygen atoms in total. The summed E-state index contributed by atoms with van der Waals surface area (Å²) in [6.07, 6.45) is 1.34. The van der Waals surface area contributed by atoms with Gasteiger partial charge in [0, 0.05) is 11.0 Å². The van der Waals surface area contributed by atoms with Gasteiger partial charge < -0.3 is 14.6 Å². The predicted molar refractivity (Wildman–Crippen MR) is 121 cm³/mol. The lowest BCUT2D eigenvalue weighted by atomic mass is 9.78. The van der Waals surface area contributed by atoms with Crippen LogP contribution in [0, 0.1) is 0 Å². The van der Waals surface area contributed by atoms with Gasteiger partial charge in [0.1, 0.15) is 5.75 Å². The largest absolute Gasteiger partial charge is 0.504 e. The number of aromatic hydroxyl groups is 1. The van der Waals surface area contributed by atoms with Crippen LogP contribution in [0.1, 0.15) is 30.5 Å². The number of para-hydroxylation sites is 1. The summed E-state index contributed by atoms with van der Waals surface area (Å²) in [4.78, 5) is 12.0. The quantitative estimate of drug-likeness (QED) is 0.423. The second-order valence-corrected chi connectivity index (χ2v) is 7.50. The van der Waals surface area contributed by atoms with Crippen molar-refractivity contribution in [3.05, 3.63) is 89.5 Å². The number of nitrogens with zero attached hydrogens (tertiary/aromatic N) is 1. The predicted octanol–water partition coefficient (Wildman–Crippen LogP) is 4.26. The molecular formula is C25H26N2O4. The standard InChI is InChI=1S/C25H26N2O4/c1-25(2,19-9-5-4-6-10-19)20-12-14-21(15-13-20)31-17-23(28)27-26-16-18-8-7-11-22(30-3)24(18)29/h4-16,29H,17H2,1-3H3,(H,27,28). The van der Waals surface area contributed by atoms with Gasteiger partial charge in [-0.05, 0) is 35.4 Å². The molecule has 31 heavy (non-hydrogen) atoms. The van der Waals surface area contributed by atoms with Crippen molar-refractivity contribution >= 4 is 12.1 Å². The maximum absolute atomic E-state index is 12.0. The number of phenols is 1. The van der Waals surface area contributed by atoms with E-state index in [1.54, 1.807) is 18.2 Å². The normalized spacial score (nSPS) is 11.3. The maximum atomic E-state index is 12.0. The molecule has 160 valence electrons. The Kier molecular flexibility index (Phi) is 6.92. The van der Waals surface area contributed by atoms with E-state index in [-0.39, 0.29) is 17.8 Å². The first-order chi connectivity index (χ1) is 14.9. The van der Waals surface area contributed by atoms with Crippen LogP contribution in [0.3, 0.4) is 0 Å². The van der Waals surface area contributed by atoms with Crippen molar-refractivity contribution in [2.45, 2.75) is 19.3 Å². The van der Waals surface area contributed by atoms with Crippen LogP contribution in [0.2, 0.25) is 0 Å². The average molecular weight is 418 g/mol. The highest BCUT2D eigenvalue weighted by atomic mass is 16.5. The lowest BCUT2D eigenvalue weighted by Gasteiger charge is -2.26. The summed E-state index contributed by atoms with van der Waals surface area (Å²) in [7, 11) is 1.46. The molecule has 0 radical (unpaired) electrons. The van der Waals surface area contributed by atoms with Crippen LogP contribution in [0.5, 0.6) is 17.2 Å². The minimum absolute atomic E-state index is 0.0437. The second kappa shape index (κ2) is 9.80. The Morgan fingerprint density at radius 3 is 2.35 bits per heavy atom. The van der Waals surface area contributed by atoms with Gasteiger partial charge in [-0.25, -0.2) is 5.43 Å². The molecule has 1 amide bonds. The highest BCUT2D eigenvalue weighted by Crippen LogP contribution is 2.32. The molecule has 0 spiro atoms. The first-order valence-corrected chi connectivity index (χ1v) is 9.88.